The molecular weight excluding hydrogens is 355 g/mol. The molecule has 0 aliphatic carbocycles. The molecule has 1 heterocycles. The van der Waals surface area contributed by atoms with Gasteiger partial charge in [-0.25, -0.2) is 13.2 Å². The van der Waals surface area contributed by atoms with E-state index in [1.54, 1.807) is 6.92 Å². The van der Waals surface area contributed by atoms with Crippen LogP contribution in [-0.2, 0) is 10.3 Å². The Kier molecular flexibility index (Phi) is 4.84. The average molecular weight is 368 g/mol. The van der Waals surface area contributed by atoms with Crippen molar-refractivity contribution in [1.82, 2.24) is 5.32 Å². The summed E-state index contributed by atoms with van der Waals surface area (Å²) in [7, 11) is 0. The molecule has 1 aliphatic rings. The zero-order valence-electron chi connectivity index (χ0n) is 10.6. The number of benzene rings is 1. The predicted molar refractivity (Wildman–Crippen MR) is 77.8 cm³/mol. The van der Waals surface area contributed by atoms with Gasteiger partial charge < -0.3 is 4.74 Å². The second-order valence-electron chi connectivity index (χ2n) is 4.72. The van der Waals surface area contributed by atoms with Crippen molar-refractivity contribution < 1.29 is 17.9 Å². The number of hydrogen-bond acceptors (Lipinski definition) is 3. The quantitative estimate of drug-likeness (QED) is 0.827. The molecule has 1 saturated heterocycles. The van der Waals surface area contributed by atoms with E-state index in [1.807, 2.05) is 0 Å². The summed E-state index contributed by atoms with van der Waals surface area (Å²) in [6.07, 6.45) is -3.18. The van der Waals surface area contributed by atoms with Gasteiger partial charge in [0.2, 0.25) is 0 Å². The van der Waals surface area contributed by atoms with Gasteiger partial charge in [0.1, 0.15) is 11.4 Å². The molecule has 7 heteroatoms. The number of nitrogens with one attached hydrogen (secondary N) is 1. The number of ether oxygens (including phenoxy) is 1. The van der Waals surface area contributed by atoms with E-state index in [2.05, 4.69) is 21.2 Å². The lowest BCUT2D eigenvalue weighted by Crippen LogP contribution is -2.63. The molecule has 110 valence electrons. The molecule has 0 saturated carbocycles. The predicted octanol–water partition coefficient (Wildman–Crippen LogP) is 3.43. The molecule has 1 aromatic rings. The van der Waals surface area contributed by atoms with Gasteiger partial charge in [0.05, 0.1) is 18.8 Å². The van der Waals surface area contributed by atoms with E-state index < -0.39 is 23.8 Å². The molecule has 3 atom stereocenters. The Morgan fingerprint density at radius 2 is 2.25 bits per heavy atom. The standard InChI is InChI=1S/C13H13BrF3NOS/c1-7-11(5-20)18-13(6-19-7,12(16)17)9-4-8(14)2-3-10(9)15/h2-5,7,11-12,18H,6H2,1H3. The first kappa shape index (κ1) is 15.9. The van der Waals surface area contributed by atoms with Gasteiger partial charge in [-0.1, -0.05) is 28.1 Å². The molecule has 0 aromatic heterocycles. The Hall–Kier alpha value is -0.500. The molecular formula is C13H13BrF3NOS. The highest BCUT2D eigenvalue weighted by Crippen LogP contribution is 2.36. The maximum atomic E-state index is 14.0. The number of alkyl halides is 2. The highest BCUT2D eigenvalue weighted by molar-refractivity contribution is 9.10. The molecule has 1 aromatic carbocycles. The molecule has 2 rings (SSSR count). The topological polar surface area (TPSA) is 21.3 Å². The lowest BCUT2D eigenvalue weighted by atomic mass is 9.87. The van der Waals surface area contributed by atoms with Crippen LogP contribution < -0.4 is 5.32 Å². The van der Waals surface area contributed by atoms with Gasteiger partial charge in [0.25, 0.3) is 6.43 Å². The monoisotopic (exact) mass is 367 g/mol. The molecule has 0 spiro atoms. The summed E-state index contributed by atoms with van der Waals surface area (Å²) in [4.78, 5) is 0. The van der Waals surface area contributed by atoms with E-state index in [9.17, 15) is 13.2 Å². The lowest BCUT2D eigenvalue weighted by Gasteiger charge is -2.43. The zero-order valence-corrected chi connectivity index (χ0v) is 13.0. The van der Waals surface area contributed by atoms with Crippen LogP contribution in [0.25, 0.3) is 0 Å². The molecule has 0 bridgehead atoms. The third kappa shape index (κ3) is 2.77. The van der Waals surface area contributed by atoms with E-state index in [-0.39, 0.29) is 18.3 Å². The number of hydrogen-bond donors (Lipinski definition) is 1. The first-order valence-corrected chi connectivity index (χ1v) is 7.25. The van der Waals surface area contributed by atoms with E-state index in [0.717, 1.165) is 6.07 Å². The minimum Gasteiger partial charge on any atom is -0.374 e. The van der Waals surface area contributed by atoms with Crippen molar-refractivity contribution in [1.29, 1.82) is 0 Å². The van der Waals surface area contributed by atoms with Crippen LogP contribution >= 0.6 is 28.1 Å². The van der Waals surface area contributed by atoms with Gasteiger partial charge in [0.15, 0.2) is 0 Å². The van der Waals surface area contributed by atoms with Gasteiger partial charge in [-0.05, 0) is 30.5 Å². The van der Waals surface area contributed by atoms with Gasteiger partial charge in [-0.3, -0.25) is 5.32 Å². The van der Waals surface area contributed by atoms with Crippen LogP contribution in [0.3, 0.4) is 0 Å². The zero-order chi connectivity index (χ0) is 14.9. The smallest absolute Gasteiger partial charge is 0.263 e. The van der Waals surface area contributed by atoms with E-state index in [4.69, 9.17) is 17.0 Å². The minimum atomic E-state index is -2.84. The second kappa shape index (κ2) is 6.09. The third-order valence-electron chi connectivity index (χ3n) is 3.43. The van der Waals surface area contributed by atoms with Crippen molar-refractivity contribution in [3.05, 3.63) is 34.1 Å². The fourth-order valence-electron chi connectivity index (χ4n) is 2.21. The number of thiocarbonyl (C=S) groups is 1. The van der Waals surface area contributed by atoms with E-state index >= 15 is 0 Å². The Morgan fingerprint density at radius 3 is 2.85 bits per heavy atom. The summed E-state index contributed by atoms with van der Waals surface area (Å²) in [6.45, 7) is 1.41. The normalized spacial score (nSPS) is 30.5. The molecule has 1 N–H and O–H groups in total. The summed E-state index contributed by atoms with van der Waals surface area (Å²) in [5, 5.41) is 4.08. The van der Waals surface area contributed by atoms with Gasteiger partial charge in [0, 0.05) is 10.0 Å². The molecule has 0 amide bonds. The highest BCUT2D eigenvalue weighted by atomic mass is 79.9. The number of morpholine rings is 1. The Morgan fingerprint density at radius 1 is 1.55 bits per heavy atom. The molecule has 20 heavy (non-hydrogen) atoms. The van der Waals surface area contributed by atoms with Gasteiger partial charge in [-0.15, -0.1) is 0 Å². The average Bonchev–Trinajstić information content (AvgIpc) is 2.42. The minimum absolute atomic E-state index is 0.129. The highest BCUT2D eigenvalue weighted by Gasteiger charge is 2.49. The molecule has 0 radical (unpaired) electrons. The summed E-state index contributed by atoms with van der Waals surface area (Å²) >= 11 is 8.00. The number of rotatable bonds is 3. The Bertz CT molecular complexity index is 516. The maximum absolute atomic E-state index is 14.0. The fraction of sp³-hybridized carbons (Fsp3) is 0.462. The van der Waals surface area contributed by atoms with Crippen molar-refractivity contribution in [2.24, 2.45) is 0 Å². The third-order valence-corrected chi connectivity index (χ3v) is 4.22. The second-order valence-corrected chi connectivity index (χ2v) is 5.91. The lowest BCUT2D eigenvalue weighted by molar-refractivity contribution is -0.0999. The van der Waals surface area contributed by atoms with Crippen molar-refractivity contribution in [3.63, 3.8) is 0 Å². The largest absolute Gasteiger partial charge is 0.374 e. The van der Waals surface area contributed by atoms with Crippen LogP contribution in [0.2, 0.25) is 0 Å². The summed E-state index contributed by atoms with van der Waals surface area (Å²) in [6, 6.07) is 3.40. The summed E-state index contributed by atoms with van der Waals surface area (Å²) in [5.41, 5.74) is -2.03. The maximum Gasteiger partial charge on any atom is 0.263 e. The summed E-state index contributed by atoms with van der Waals surface area (Å²) in [5.74, 6) is -0.706. The van der Waals surface area contributed by atoms with Crippen LogP contribution in [0.4, 0.5) is 13.2 Å². The number of halogens is 4. The Balaban J connectivity index is 2.50. The van der Waals surface area contributed by atoms with Gasteiger partial charge >= 0.3 is 0 Å². The van der Waals surface area contributed by atoms with E-state index in [0.29, 0.717) is 4.47 Å². The van der Waals surface area contributed by atoms with E-state index in [1.165, 1.54) is 17.5 Å². The first-order chi connectivity index (χ1) is 9.40. The van der Waals surface area contributed by atoms with Crippen LogP contribution in [0.1, 0.15) is 12.5 Å². The van der Waals surface area contributed by atoms with Crippen LogP contribution in [0.5, 0.6) is 0 Å². The molecule has 1 aliphatic heterocycles. The fourth-order valence-corrected chi connectivity index (χ4v) is 2.86. The molecule has 2 nitrogen and oxygen atoms in total. The first-order valence-electron chi connectivity index (χ1n) is 5.99. The van der Waals surface area contributed by atoms with Crippen LogP contribution in [-0.4, -0.2) is 30.5 Å². The van der Waals surface area contributed by atoms with Crippen LogP contribution in [0.15, 0.2) is 22.7 Å². The van der Waals surface area contributed by atoms with Crippen molar-refractivity contribution in [2.75, 3.05) is 6.61 Å². The van der Waals surface area contributed by atoms with Crippen molar-refractivity contribution in [2.45, 2.75) is 31.0 Å². The van der Waals surface area contributed by atoms with Gasteiger partial charge in [-0.2, -0.15) is 0 Å². The molecule has 1 fully saturated rings. The molecule has 3 unspecified atom stereocenters. The van der Waals surface area contributed by atoms with Crippen LogP contribution in [0, 0.1) is 5.82 Å². The SMILES string of the molecule is CC1OCC(c2cc(Br)ccc2F)(C(F)F)NC1C=S. The van der Waals surface area contributed by atoms with Crippen molar-refractivity contribution in [3.8, 4) is 0 Å². The summed E-state index contributed by atoms with van der Waals surface area (Å²) < 4.78 is 47.2. The Labute approximate surface area is 128 Å². The van der Waals surface area contributed by atoms with Crippen molar-refractivity contribution >= 4 is 33.5 Å².